The van der Waals surface area contributed by atoms with E-state index >= 15 is 0 Å². The molecule has 20 heavy (non-hydrogen) atoms. The Hall–Kier alpha value is -1.85. The largest absolute Gasteiger partial charge is 0.368 e. The lowest BCUT2D eigenvalue weighted by molar-refractivity contribution is 0.269. The zero-order chi connectivity index (χ0) is 14.8. The van der Waals surface area contributed by atoms with Crippen molar-refractivity contribution in [3.05, 3.63) is 6.33 Å². The molecule has 0 aromatic carbocycles. The van der Waals surface area contributed by atoms with Gasteiger partial charge in [-0.1, -0.05) is 27.7 Å². The van der Waals surface area contributed by atoms with Gasteiger partial charge in [-0.3, -0.25) is 0 Å². The third kappa shape index (κ3) is 3.00. The Balaban J connectivity index is 2.26. The van der Waals surface area contributed by atoms with E-state index < -0.39 is 0 Å². The van der Waals surface area contributed by atoms with Crippen molar-refractivity contribution >= 4 is 22.9 Å². The second-order valence-corrected chi connectivity index (χ2v) is 6.02. The van der Waals surface area contributed by atoms with E-state index in [0.29, 0.717) is 17.5 Å². The first-order valence-corrected chi connectivity index (χ1v) is 7.13. The molecule has 0 spiro atoms. The van der Waals surface area contributed by atoms with Gasteiger partial charge >= 0.3 is 0 Å². The molecule has 0 radical (unpaired) electrons. The lowest BCUT2D eigenvalue weighted by Gasteiger charge is -2.29. The van der Waals surface area contributed by atoms with Crippen molar-refractivity contribution in [2.75, 3.05) is 23.7 Å². The van der Waals surface area contributed by atoms with Gasteiger partial charge in [0.05, 0.1) is 6.33 Å². The fraction of sp³-hybridized carbons (Fsp3) is 0.643. The molecule has 0 aliphatic rings. The monoisotopic (exact) mass is 276 g/mol. The summed E-state index contributed by atoms with van der Waals surface area (Å²) >= 11 is 0. The zero-order valence-corrected chi connectivity index (χ0v) is 12.9. The van der Waals surface area contributed by atoms with Crippen LogP contribution in [0.5, 0.6) is 0 Å². The number of fused-ring (bicyclic) bond motifs is 1. The molecular weight excluding hydrogens is 252 g/mol. The summed E-state index contributed by atoms with van der Waals surface area (Å²) in [5.41, 5.74) is 1.72. The fourth-order valence-electron chi connectivity index (χ4n) is 1.71. The standard InChI is InChI=1S/C14H24N6/c1-6-15-13-19-11(10-12(20-13)18-8-17-10)16-7-14(4,5)9(2)3/h8-9H,6-7H2,1-5H3,(H3,15,16,17,18,19,20). The number of anilines is 2. The van der Waals surface area contributed by atoms with Gasteiger partial charge in [-0.2, -0.15) is 9.97 Å². The van der Waals surface area contributed by atoms with E-state index in [0.717, 1.165) is 24.4 Å². The van der Waals surface area contributed by atoms with Crippen LogP contribution in [0, 0.1) is 11.3 Å². The average molecular weight is 276 g/mol. The van der Waals surface area contributed by atoms with Crippen LogP contribution in [0.25, 0.3) is 11.2 Å². The van der Waals surface area contributed by atoms with Crippen molar-refractivity contribution in [2.24, 2.45) is 11.3 Å². The van der Waals surface area contributed by atoms with E-state index in [1.165, 1.54) is 0 Å². The maximum absolute atomic E-state index is 4.52. The summed E-state index contributed by atoms with van der Waals surface area (Å²) in [6, 6.07) is 0. The van der Waals surface area contributed by atoms with Crippen molar-refractivity contribution in [1.82, 2.24) is 19.9 Å². The van der Waals surface area contributed by atoms with Crippen LogP contribution in [0.1, 0.15) is 34.6 Å². The summed E-state index contributed by atoms with van der Waals surface area (Å²) < 4.78 is 0. The Kier molecular flexibility index (Phi) is 4.11. The molecule has 3 N–H and O–H groups in total. The maximum atomic E-state index is 4.52. The zero-order valence-electron chi connectivity index (χ0n) is 12.9. The topological polar surface area (TPSA) is 78.5 Å². The number of nitrogens with zero attached hydrogens (tertiary/aromatic N) is 3. The lowest BCUT2D eigenvalue weighted by Crippen LogP contribution is -2.29. The van der Waals surface area contributed by atoms with Gasteiger partial charge in [-0.25, -0.2) is 4.98 Å². The quantitative estimate of drug-likeness (QED) is 0.756. The van der Waals surface area contributed by atoms with E-state index in [1.54, 1.807) is 6.33 Å². The van der Waals surface area contributed by atoms with Gasteiger partial charge in [0.2, 0.25) is 5.95 Å². The number of aromatic nitrogens is 4. The van der Waals surface area contributed by atoms with Gasteiger partial charge in [0.25, 0.3) is 0 Å². The molecule has 0 amide bonds. The van der Waals surface area contributed by atoms with Crippen LogP contribution in [-0.2, 0) is 0 Å². The molecule has 0 aliphatic heterocycles. The van der Waals surface area contributed by atoms with Crippen LogP contribution in [0.15, 0.2) is 6.33 Å². The lowest BCUT2D eigenvalue weighted by atomic mass is 9.81. The normalized spacial score (nSPS) is 12.1. The average Bonchev–Trinajstić information content (AvgIpc) is 2.84. The van der Waals surface area contributed by atoms with Crippen molar-refractivity contribution in [1.29, 1.82) is 0 Å². The smallest absolute Gasteiger partial charge is 0.226 e. The highest BCUT2D eigenvalue weighted by atomic mass is 15.2. The van der Waals surface area contributed by atoms with E-state index in [-0.39, 0.29) is 5.41 Å². The molecule has 6 nitrogen and oxygen atoms in total. The first-order chi connectivity index (χ1) is 9.44. The first kappa shape index (κ1) is 14.6. The van der Waals surface area contributed by atoms with Gasteiger partial charge in [-0.05, 0) is 18.3 Å². The molecule has 6 heteroatoms. The van der Waals surface area contributed by atoms with Crippen LogP contribution < -0.4 is 10.6 Å². The molecule has 0 saturated heterocycles. The molecule has 2 rings (SSSR count). The summed E-state index contributed by atoms with van der Waals surface area (Å²) in [7, 11) is 0. The van der Waals surface area contributed by atoms with Crippen molar-refractivity contribution in [3.63, 3.8) is 0 Å². The summed E-state index contributed by atoms with van der Waals surface area (Å²) in [5.74, 6) is 2.00. The van der Waals surface area contributed by atoms with Gasteiger partial charge in [-0.15, -0.1) is 0 Å². The number of aromatic amines is 1. The maximum Gasteiger partial charge on any atom is 0.226 e. The molecule has 0 aliphatic carbocycles. The van der Waals surface area contributed by atoms with Gasteiger partial charge in [0.1, 0.15) is 5.52 Å². The minimum Gasteiger partial charge on any atom is -0.368 e. The molecule has 0 bridgehead atoms. The van der Waals surface area contributed by atoms with Crippen LogP contribution >= 0.6 is 0 Å². The highest BCUT2D eigenvalue weighted by Crippen LogP contribution is 2.27. The molecule has 2 heterocycles. The number of hydrogen-bond donors (Lipinski definition) is 3. The third-order valence-electron chi connectivity index (χ3n) is 3.89. The predicted molar refractivity (Wildman–Crippen MR) is 83.0 cm³/mol. The first-order valence-electron chi connectivity index (χ1n) is 7.13. The number of H-pyrrole nitrogens is 1. The SMILES string of the molecule is CCNc1nc(NCC(C)(C)C(C)C)c2[nH]cnc2n1. The summed E-state index contributed by atoms with van der Waals surface area (Å²) in [4.78, 5) is 16.2. The summed E-state index contributed by atoms with van der Waals surface area (Å²) in [6.45, 7) is 12.6. The Morgan fingerprint density at radius 1 is 1.25 bits per heavy atom. The number of hydrogen-bond acceptors (Lipinski definition) is 5. The van der Waals surface area contributed by atoms with Gasteiger partial charge in [0, 0.05) is 13.1 Å². The number of imidazole rings is 1. The minimum absolute atomic E-state index is 0.190. The van der Waals surface area contributed by atoms with Crippen molar-refractivity contribution in [3.8, 4) is 0 Å². The van der Waals surface area contributed by atoms with Crippen LogP contribution in [0.3, 0.4) is 0 Å². The number of rotatable bonds is 6. The van der Waals surface area contributed by atoms with Crippen LogP contribution in [0.2, 0.25) is 0 Å². The fourth-order valence-corrected chi connectivity index (χ4v) is 1.71. The highest BCUT2D eigenvalue weighted by Gasteiger charge is 2.23. The Labute approximate surface area is 119 Å². The minimum atomic E-state index is 0.190. The molecule has 0 saturated carbocycles. The van der Waals surface area contributed by atoms with E-state index in [4.69, 9.17) is 0 Å². The predicted octanol–water partition coefficient (Wildman–Crippen LogP) is 2.88. The molecule has 0 fully saturated rings. The summed E-state index contributed by atoms with van der Waals surface area (Å²) in [6.07, 6.45) is 1.65. The van der Waals surface area contributed by atoms with Gasteiger partial charge in [0.15, 0.2) is 11.5 Å². The molecule has 0 unspecified atom stereocenters. The molecule has 2 aromatic heterocycles. The van der Waals surface area contributed by atoms with Gasteiger partial charge < -0.3 is 15.6 Å². The Morgan fingerprint density at radius 3 is 2.65 bits per heavy atom. The molecule has 2 aromatic rings. The van der Waals surface area contributed by atoms with E-state index in [9.17, 15) is 0 Å². The van der Waals surface area contributed by atoms with E-state index in [2.05, 4.69) is 58.3 Å². The molecular formula is C14H24N6. The van der Waals surface area contributed by atoms with E-state index in [1.807, 2.05) is 6.92 Å². The third-order valence-corrected chi connectivity index (χ3v) is 3.89. The second kappa shape index (κ2) is 5.64. The Morgan fingerprint density at radius 2 is 2.00 bits per heavy atom. The molecule has 0 atom stereocenters. The second-order valence-electron chi connectivity index (χ2n) is 6.02. The number of nitrogens with one attached hydrogen (secondary N) is 3. The van der Waals surface area contributed by atoms with Crippen LogP contribution in [0.4, 0.5) is 11.8 Å². The Bertz CT molecular complexity index is 572. The highest BCUT2D eigenvalue weighted by molar-refractivity contribution is 5.83. The van der Waals surface area contributed by atoms with Crippen molar-refractivity contribution < 1.29 is 0 Å². The summed E-state index contributed by atoms with van der Waals surface area (Å²) in [5, 5.41) is 6.57. The van der Waals surface area contributed by atoms with Crippen LogP contribution in [-0.4, -0.2) is 33.0 Å². The van der Waals surface area contributed by atoms with Crippen molar-refractivity contribution in [2.45, 2.75) is 34.6 Å². The molecule has 110 valence electrons.